The Kier molecular flexibility index (Phi) is 3.95. The fourth-order valence-corrected chi connectivity index (χ4v) is 2.73. The molecule has 15 heavy (non-hydrogen) atoms. The molecule has 0 spiro atoms. The van der Waals surface area contributed by atoms with Crippen molar-refractivity contribution in [3.63, 3.8) is 0 Å². The molecule has 1 aliphatic rings. The molecule has 0 radical (unpaired) electrons. The fourth-order valence-electron chi connectivity index (χ4n) is 2.73. The highest BCUT2D eigenvalue weighted by atomic mass is 15.1. The van der Waals surface area contributed by atoms with Crippen molar-refractivity contribution in [2.45, 2.75) is 47.0 Å². The molecule has 0 aromatic rings. The monoisotopic (exact) mass is 208 g/mol. The minimum atomic E-state index is 0.420. The lowest BCUT2D eigenvalue weighted by atomic mass is 9.64. The van der Waals surface area contributed by atoms with Crippen molar-refractivity contribution < 1.29 is 0 Å². The van der Waals surface area contributed by atoms with Crippen LogP contribution in [-0.4, -0.2) is 5.71 Å². The molecule has 2 atom stereocenters. The van der Waals surface area contributed by atoms with Crippen LogP contribution < -0.4 is 5.84 Å². The average Bonchev–Trinajstić information content (AvgIpc) is 2.15. The van der Waals surface area contributed by atoms with Gasteiger partial charge in [-0.25, -0.2) is 0 Å². The molecule has 0 aromatic heterocycles. The van der Waals surface area contributed by atoms with E-state index in [0.717, 1.165) is 11.6 Å². The number of hydrogen-bond donors (Lipinski definition) is 1. The summed E-state index contributed by atoms with van der Waals surface area (Å²) in [5.74, 6) is 6.66. The maximum Gasteiger partial charge on any atom is 0.0566 e. The van der Waals surface area contributed by atoms with Crippen LogP contribution in [0.25, 0.3) is 0 Å². The van der Waals surface area contributed by atoms with Crippen molar-refractivity contribution in [2.75, 3.05) is 0 Å². The van der Waals surface area contributed by atoms with Gasteiger partial charge in [-0.2, -0.15) is 5.10 Å². The Balaban J connectivity index is 2.76. The van der Waals surface area contributed by atoms with Gasteiger partial charge in [0, 0.05) is 0 Å². The molecular weight excluding hydrogens is 184 g/mol. The van der Waals surface area contributed by atoms with Gasteiger partial charge in [0.2, 0.25) is 0 Å². The van der Waals surface area contributed by atoms with Crippen molar-refractivity contribution >= 4 is 5.71 Å². The van der Waals surface area contributed by atoms with Crippen LogP contribution in [0, 0.1) is 17.3 Å². The summed E-state index contributed by atoms with van der Waals surface area (Å²) in [5.41, 5.74) is 1.33. The summed E-state index contributed by atoms with van der Waals surface area (Å²) in [5, 5.41) is 3.68. The van der Waals surface area contributed by atoms with E-state index >= 15 is 0 Å². The fraction of sp³-hybridized carbons (Fsp3) is 0.769. The van der Waals surface area contributed by atoms with E-state index in [2.05, 4.69) is 38.0 Å². The molecule has 1 rings (SSSR count). The van der Waals surface area contributed by atoms with E-state index in [9.17, 15) is 0 Å². The SMILES string of the molecule is CC(C=CC1C(C)CCCC1(C)C)=NN. The number of nitrogens with zero attached hydrogens (tertiary/aromatic N) is 1. The first-order valence-electron chi connectivity index (χ1n) is 5.90. The maximum atomic E-state index is 5.23. The molecule has 0 aliphatic heterocycles. The molecular formula is C13H24N2. The molecule has 0 bridgehead atoms. The lowest BCUT2D eigenvalue weighted by Crippen LogP contribution is -2.32. The number of rotatable bonds is 2. The minimum absolute atomic E-state index is 0.420. The molecule has 2 heteroatoms. The van der Waals surface area contributed by atoms with E-state index in [1.807, 2.05) is 6.92 Å². The van der Waals surface area contributed by atoms with E-state index in [0.29, 0.717) is 11.3 Å². The van der Waals surface area contributed by atoms with Gasteiger partial charge in [-0.3, -0.25) is 0 Å². The first-order valence-corrected chi connectivity index (χ1v) is 5.90. The van der Waals surface area contributed by atoms with Gasteiger partial charge >= 0.3 is 0 Å². The molecule has 0 aromatic carbocycles. The molecule has 2 unspecified atom stereocenters. The second kappa shape index (κ2) is 4.82. The van der Waals surface area contributed by atoms with E-state index < -0.39 is 0 Å². The van der Waals surface area contributed by atoms with Gasteiger partial charge in [0.1, 0.15) is 0 Å². The molecule has 0 amide bonds. The highest BCUT2D eigenvalue weighted by Crippen LogP contribution is 2.44. The first-order chi connectivity index (χ1) is 6.97. The zero-order valence-electron chi connectivity index (χ0n) is 10.5. The Bertz CT molecular complexity index is 264. The van der Waals surface area contributed by atoms with Gasteiger partial charge in [0.15, 0.2) is 0 Å². The van der Waals surface area contributed by atoms with Crippen LogP contribution in [0.1, 0.15) is 47.0 Å². The van der Waals surface area contributed by atoms with Gasteiger partial charge in [-0.1, -0.05) is 39.7 Å². The number of hydrogen-bond acceptors (Lipinski definition) is 2. The van der Waals surface area contributed by atoms with Crippen molar-refractivity contribution in [1.29, 1.82) is 0 Å². The normalized spacial score (nSPS) is 32.1. The van der Waals surface area contributed by atoms with Crippen molar-refractivity contribution in [2.24, 2.45) is 28.2 Å². The van der Waals surface area contributed by atoms with Crippen molar-refractivity contribution in [3.05, 3.63) is 12.2 Å². The van der Waals surface area contributed by atoms with Crippen LogP contribution in [0.15, 0.2) is 17.3 Å². The number of nitrogens with two attached hydrogens (primary N) is 1. The van der Waals surface area contributed by atoms with Crippen LogP contribution in [0.2, 0.25) is 0 Å². The zero-order chi connectivity index (χ0) is 11.5. The quantitative estimate of drug-likeness (QED) is 0.422. The van der Waals surface area contributed by atoms with E-state index in [4.69, 9.17) is 5.84 Å². The van der Waals surface area contributed by atoms with Crippen molar-refractivity contribution in [1.82, 2.24) is 0 Å². The molecule has 1 aliphatic carbocycles. The van der Waals surface area contributed by atoms with Crippen LogP contribution in [0.5, 0.6) is 0 Å². The van der Waals surface area contributed by atoms with Gasteiger partial charge in [0.25, 0.3) is 0 Å². The molecule has 1 fully saturated rings. The Labute approximate surface area is 93.6 Å². The van der Waals surface area contributed by atoms with Gasteiger partial charge < -0.3 is 5.84 Å². The van der Waals surface area contributed by atoms with Gasteiger partial charge in [-0.05, 0) is 36.7 Å². The topological polar surface area (TPSA) is 38.4 Å². The predicted octanol–water partition coefficient (Wildman–Crippen LogP) is 3.34. The highest BCUT2D eigenvalue weighted by molar-refractivity contribution is 5.92. The largest absolute Gasteiger partial charge is 0.323 e. The van der Waals surface area contributed by atoms with Crippen molar-refractivity contribution in [3.8, 4) is 0 Å². The van der Waals surface area contributed by atoms with E-state index in [-0.39, 0.29) is 0 Å². The predicted molar refractivity (Wildman–Crippen MR) is 66.7 cm³/mol. The number of allylic oxidation sites excluding steroid dienone is 2. The van der Waals surface area contributed by atoms with Crippen LogP contribution in [0.4, 0.5) is 0 Å². The maximum absolute atomic E-state index is 5.23. The summed E-state index contributed by atoms with van der Waals surface area (Å²) in [6.07, 6.45) is 8.40. The second-order valence-electron chi connectivity index (χ2n) is 5.51. The Morgan fingerprint density at radius 2 is 2.13 bits per heavy atom. The van der Waals surface area contributed by atoms with Gasteiger partial charge in [0.05, 0.1) is 5.71 Å². The van der Waals surface area contributed by atoms with Gasteiger partial charge in [-0.15, -0.1) is 0 Å². The summed E-state index contributed by atoms with van der Waals surface area (Å²) in [7, 11) is 0. The van der Waals surface area contributed by atoms with Crippen LogP contribution >= 0.6 is 0 Å². The molecule has 0 saturated heterocycles. The Morgan fingerprint density at radius 1 is 1.47 bits per heavy atom. The minimum Gasteiger partial charge on any atom is -0.323 e. The van der Waals surface area contributed by atoms with E-state index in [1.165, 1.54) is 19.3 Å². The lowest BCUT2D eigenvalue weighted by Gasteiger charge is -2.41. The third-order valence-corrected chi connectivity index (χ3v) is 3.74. The summed E-state index contributed by atoms with van der Waals surface area (Å²) in [6, 6.07) is 0. The standard InChI is InChI=1S/C13H24N2/c1-10-6-5-9-13(3,4)12(10)8-7-11(2)15-14/h7-8,10,12H,5-6,9,14H2,1-4H3. The summed E-state index contributed by atoms with van der Waals surface area (Å²) in [4.78, 5) is 0. The number of hydrazone groups is 1. The molecule has 0 heterocycles. The lowest BCUT2D eigenvalue weighted by molar-refractivity contribution is 0.123. The first kappa shape index (κ1) is 12.3. The highest BCUT2D eigenvalue weighted by Gasteiger charge is 2.34. The second-order valence-corrected chi connectivity index (χ2v) is 5.51. The third-order valence-electron chi connectivity index (χ3n) is 3.74. The van der Waals surface area contributed by atoms with E-state index in [1.54, 1.807) is 0 Å². The summed E-state index contributed by atoms with van der Waals surface area (Å²) < 4.78 is 0. The third kappa shape index (κ3) is 3.08. The van der Waals surface area contributed by atoms with Crippen LogP contribution in [0.3, 0.4) is 0 Å². The smallest absolute Gasteiger partial charge is 0.0566 e. The molecule has 1 saturated carbocycles. The average molecular weight is 208 g/mol. The summed E-state index contributed by atoms with van der Waals surface area (Å²) >= 11 is 0. The Hall–Kier alpha value is -0.790. The molecule has 86 valence electrons. The molecule has 2 nitrogen and oxygen atoms in total. The Morgan fingerprint density at radius 3 is 2.67 bits per heavy atom. The summed E-state index contributed by atoms with van der Waals surface area (Å²) in [6.45, 7) is 9.03. The molecule has 2 N–H and O–H groups in total. The zero-order valence-corrected chi connectivity index (χ0v) is 10.5. The van der Waals surface area contributed by atoms with Crippen LogP contribution in [-0.2, 0) is 0 Å².